The first-order chi connectivity index (χ1) is 38.0. The van der Waals surface area contributed by atoms with Crippen LogP contribution in [-0.2, 0) is 28.6 Å². The second-order valence-corrected chi connectivity index (χ2v) is 22.7. The summed E-state index contributed by atoms with van der Waals surface area (Å²) in [4.78, 5) is 38.2. The molecule has 0 aliphatic heterocycles. The summed E-state index contributed by atoms with van der Waals surface area (Å²) in [6.07, 6.45) is 84.0. The van der Waals surface area contributed by atoms with Gasteiger partial charge in [-0.2, -0.15) is 0 Å². The Bertz CT molecular complexity index is 1380. The number of allylic oxidation sites excluding steroid dienone is 10. The number of unbranched alkanes of at least 4 members (excludes halogenated alkanes) is 41. The van der Waals surface area contributed by atoms with E-state index < -0.39 is 6.10 Å². The van der Waals surface area contributed by atoms with Crippen molar-refractivity contribution in [1.82, 2.24) is 0 Å². The summed E-state index contributed by atoms with van der Waals surface area (Å²) in [6, 6.07) is 0. The molecule has 1 unspecified atom stereocenters. The molecular formula is C71H128O6. The number of carbonyl (C=O) groups excluding carboxylic acids is 3. The monoisotopic (exact) mass is 1080 g/mol. The number of hydrogen-bond donors (Lipinski definition) is 0. The van der Waals surface area contributed by atoms with Crippen LogP contribution in [0.2, 0.25) is 0 Å². The Labute approximate surface area is 479 Å². The summed E-state index contributed by atoms with van der Waals surface area (Å²) in [5.74, 6) is -0.854. The van der Waals surface area contributed by atoms with E-state index in [2.05, 4.69) is 81.5 Å². The quantitative estimate of drug-likeness (QED) is 0.0261. The average molecular weight is 1080 g/mol. The maximum Gasteiger partial charge on any atom is 0.306 e. The van der Waals surface area contributed by atoms with Gasteiger partial charge in [0.05, 0.1) is 0 Å². The minimum atomic E-state index is -0.772. The van der Waals surface area contributed by atoms with E-state index >= 15 is 0 Å². The van der Waals surface area contributed by atoms with Gasteiger partial charge in [0.1, 0.15) is 13.2 Å². The van der Waals surface area contributed by atoms with Gasteiger partial charge in [-0.3, -0.25) is 14.4 Å². The molecule has 0 aliphatic rings. The predicted octanol–water partition coefficient (Wildman–Crippen LogP) is 23.1. The van der Waals surface area contributed by atoms with Crippen LogP contribution in [0.1, 0.15) is 355 Å². The lowest BCUT2D eigenvalue weighted by Crippen LogP contribution is -2.30. The minimum Gasteiger partial charge on any atom is -0.462 e. The van der Waals surface area contributed by atoms with E-state index in [0.717, 1.165) is 83.5 Å². The van der Waals surface area contributed by atoms with Gasteiger partial charge >= 0.3 is 17.9 Å². The Hall–Kier alpha value is -2.89. The summed E-state index contributed by atoms with van der Waals surface area (Å²) in [5, 5.41) is 0. The van der Waals surface area contributed by atoms with Crippen molar-refractivity contribution in [2.45, 2.75) is 361 Å². The normalized spacial score (nSPS) is 12.4. The Kier molecular flexibility index (Phi) is 63.2. The second-order valence-electron chi connectivity index (χ2n) is 22.7. The van der Waals surface area contributed by atoms with Crippen LogP contribution < -0.4 is 0 Å². The molecule has 0 bridgehead atoms. The van der Waals surface area contributed by atoms with Crippen LogP contribution in [0.4, 0.5) is 0 Å². The van der Waals surface area contributed by atoms with E-state index in [4.69, 9.17) is 14.2 Å². The third-order valence-corrected chi connectivity index (χ3v) is 15.0. The first-order valence-corrected chi connectivity index (χ1v) is 33.8. The molecule has 6 heteroatoms. The highest BCUT2D eigenvalue weighted by molar-refractivity contribution is 5.71. The SMILES string of the molecule is CC/C=C\C/C=C\C/C=C\C/C=C\CCCCCCCCCCCCCCCCCCC(=O)OCC(COC(=O)CCCCCCCCCCC)OC(=O)CCCCCCCCCCC/C=C\CCCCCCCCCC. The third-order valence-electron chi connectivity index (χ3n) is 15.0. The summed E-state index contributed by atoms with van der Waals surface area (Å²) in [7, 11) is 0. The molecule has 0 amide bonds. The average Bonchev–Trinajstić information content (AvgIpc) is 3.43. The molecule has 77 heavy (non-hydrogen) atoms. The highest BCUT2D eigenvalue weighted by Gasteiger charge is 2.19. The lowest BCUT2D eigenvalue weighted by Gasteiger charge is -2.18. The molecular weight excluding hydrogens is 949 g/mol. The third kappa shape index (κ3) is 63.8. The maximum absolute atomic E-state index is 12.9. The van der Waals surface area contributed by atoms with Crippen molar-refractivity contribution in [2.75, 3.05) is 13.2 Å². The molecule has 0 aliphatic carbocycles. The summed E-state index contributed by atoms with van der Waals surface area (Å²) >= 11 is 0. The van der Waals surface area contributed by atoms with Gasteiger partial charge < -0.3 is 14.2 Å². The number of hydrogen-bond acceptors (Lipinski definition) is 6. The Morgan fingerprint density at radius 2 is 0.506 bits per heavy atom. The molecule has 0 saturated carbocycles. The van der Waals surface area contributed by atoms with E-state index in [9.17, 15) is 14.4 Å². The number of ether oxygens (including phenoxy) is 3. The van der Waals surface area contributed by atoms with E-state index in [1.165, 1.54) is 231 Å². The van der Waals surface area contributed by atoms with E-state index in [0.29, 0.717) is 19.3 Å². The topological polar surface area (TPSA) is 78.9 Å². The molecule has 0 radical (unpaired) electrons. The molecule has 0 aromatic rings. The molecule has 0 N–H and O–H groups in total. The van der Waals surface area contributed by atoms with Crippen molar-refractivity contribution in [3.63, 3.8) is 0 Å². The lowest BCUT2D eigenvalue weighted by atomic mass is 10.0. The molecule has 0 aromatic carbocycles. The number of rotatable bonds is 62. The zero-order valence-corrected chi connectivity index (χ0v) is 51.5. The first-order valence-electron chi connectivity index (χ1n) is 33.8. The molecule has 448 valence electrons. The Morgan fingerprint density at radius 1 is 0.273 bits per heavy atom. The summed E-state index contributed by atoms with van der Waals surface area (Å²) in [6.45, 7) is 6.56. The van der Waals surface area contributed by atoms with Gasteiger partial charge in [0.15, 0.2) is 6.10 Å². The Balaban J connectivity index is 4.12. The van der Waals surface area contributed by atoms with Gasteiger partial charge in [-0.1, -0.05) is 313 Å². The number of esters is 3. The largest absolute Gasteiger partial charge is 0.462 e. The van der Waals surface area contributed by atoms with Crippen LogP contribution in [0.15, 0.2) is 60.8 Å². The van der Waals surface area contributed by atoms with Crippen molar-refractivity contribution in [3.8, 4) is 0 Å². The fourth-order valence-electron chi connectivity index (χ4n) is 9.96. The van der Waals surface area contributed by atoms with Gasteiger partial charge in [0.25, 0.3) is 0 Å². The van der Waals surface area contributed by atoms with Gasteiger partial charge in [0, 0.05) is 19.3 Å². The first kappa shape index (κ1) is 74.1. The molecule has 0 rings (SSSR count). The fourth-order valence-corrected chi connectivity index (χ4v) is 9.96. The maximum atomic E-state index is 12.9. The molecule has 0 fully saturated rings. The van der Waals surface area contributed by atoms with Crippen molar-refractivity contribution in [3.05, 3.63) is 60.8 Å². The zero-order chi connectivity index (χ0) is 55.7. The lowest BCUT2D eigenvalue weighted by molar-refractivity contribution is -0.167. The van der Waals surface area contributed by atoms with E-state index in [-0.39, 0.29) is 31.1 Å². The van der Waals surface area contributed by atoms with Gasteiger partial charge in [-0.15, -0.1) is 0 Å². The van der Waals surface area contributed by atoms with Crippen LogP contribution in [0, 0.1) is 0 Å². The molecule has 0 aromatic heterocycles. The van der Waals surface area contributed by atoms with E-state index in [1.54, 1.807) is 0 Å². The van der Waals surface area contributed by atoms with Crippen molar-refractivity contribution in [1.29, 1.82) is 0 Å². The van der Waals surface area contributed by atoms with Crippen LogP contribution >= 0.6 is 0 Å². The number of carbonyl (C=O) groups is 3. The van der Waals surface area contributed by atoms with Crippen molar-refractivity contribution in [2.24, 2.45) is 0 Å². The zero-order valence-electron chi connectivity index (χ0n) is 51.5. The summed E-state index contributed by atoms with van der Waals surface area (Å²) in [5.41, 5.74) is 0. The highest BCUT2D eigenvalue weighted by atomic mass is 16.6. The highest BCUT2D eigenvalue weighted by Crippen LogP contribution is 2.18. The molecule has 1 atom stereocenters. The molecule has 0 spiro atoms. The fraction of sp³-hybridized carbons (Fsp3) is 0.817. The Morgan fingerprint density at radius 3 is 0.805 bits per heavy atom. The standard InChI is InChI=1S/C71H128O6/c1-4-7-10-13-16-19-21-23-25-27-29-31-32-33-34-35-36-37-38-40-41-43-45-47-49-52-55-58-61-64-70(73)76-67-68(66-75-69(72)63-60-57-54-51-18-15-12-9-6-3)77-71(74)65-62-59-56-53-50-48-46-44-42-39-30-28-26-24-22-20-17-14-11-8-5-2/h7,10,16,19,23,25,28-31,68H,4-6,8-9,11-15,17-18,20-22,24,26-27,32-67H2,1-3H3/b10-7-,19-16-,25-23-,30-28-,31-29-. The van der Waals surface area contributed by atoms with E-state index in [1.807, 2.05) is 0 Å². The molecule has 0 saturated heterocycles. The molecule has 6 nitrogen and oxygen atoms in total. The molecule has 0 heterocycles. The van der Waals surface area contributed by atoms with Gasteiger partial charge in [-0.05, 0) is 83.5 Å². The van der Waals surface area contributed by atoms with Crippen molar-refractivity contribution >= 4 is 17.9 Å². The predicted molar refractivity (Wildman–Crippen MR) is 335 cm³/mol. The van der Waals surface area contributed by atoms with Gasteiger partial charge in [-0.25, -0.2) is 0 Å². The second kappa shape index (κ2) is 65.6. The van der Waals surface area contributed by atoms with Crippen LogP contribution in [0.3, 0.4) is 0 Å². The smallest absolute Gasteiger partial charge is 0.306 e. The minimum absolute atomic E-state index is 0.0700. The van der Waals surface area contributed by atoms with Crippen LogP contribution in [0.5, 0.6) is 0 Å². The van der Waals surface area contributed by atoms with Crippen LogP contribution in [-0.4, -0.2) is 37.2 Å². The van der Waals surface area contributed by atoms with Crippen molar-refractivity contribution < 1.29 is 28.6 Å². The van der Waals surface area contributed by atoms with Crippen LogP contribution in [0.25, 0.3) is 0 Å². The summed E-state index contributed by atoms with van der Waals surface area (Å²) < 4.78 is 16.9. The van der Waals surface area contributed by atoms with Gasteiger partial charge in [0.2, 0.25) is 0 Å².